The summed E-state index contributed by atoms with van der Waals surface area (Å²) in [5.74, 6) is 1.29. The molecular weight excluding hydrogens is 377 g/mol. The van der Waals surface area contributed by atoms with Crippen LogP contribution in [-0.2, 0) is 23.9 Å². The van der Waals surface area contributed by atoms with E-state index in [1.807, 2.05) is 12.1 Å². The van der Waals surface area contributed by atoms with Crippen molar-refractivity contribution in [1.29, 1.82) is 0 Å². The Bertz CT molecular complexity index is 1030. The van der Waals surface area contributed by atoms with E-state index < -0.39 is 11.7 Å². The summed E-state index contributed by atoms with van der Waals surface area (Å²) < 4.78 is 50.4. The van der Waals surface area contributed by atoms with Crippen LogP contribution in [0.25, 0.3) is 5.65 Å². The molecule has 2 aromatic heterocycles. The third-order valence-electron chi connectivity index (χ3n) is 4.32. The van der Waals surface area contributed by atoms with E-state index in [1.165, 1.54) is 10.5 Å². The average Bonchev–Trinajstić information content (AvgIpc) is 3.29. The van der Waals surface area contributed by atoms with Crippen LogP contribution in [0, 0.1) is 0 Å². The lowest BCUT2D eigenvalue weighted by atomic mass is 10.1. The van der Waals surface area contributed by atoms with E-state index in [2.05, 4.69) is 15.5 Å². The van der Waals surface area contributed by atoms with Crippen LogP contribution in [-0.4, -0.2) is 27.3 Å². The van der Waals surface area contributed by atoms with Crippen LogP contribution in [0.3, 0.4) is 0 Å². The number of alkyl halides is 3. The molecule has 0 saturated heterocycles. The lowest BCUT2D eigenvalue weighted by Gasteiger charge is -2.08. The molecule has 0 fully saturated rings. The van der Waals surface area contributed by atoms with Crippen molar-refractivity contribution < 1.29 is 27.4 Å². The molecule has 1 aromatic carbocycles. The highest BCUT2D eigenvalue weighted by Crippen LogP contribution is 2.32. The first-order valence-electron chi connectivity index (χ1n) is 8.46. The number of benzene rings is 1. The monoisotopic (exact) mass is 392 g/mol. The van der Waals surface area contributed by atoms with Crippen molar-refractivity contribution in [2.75, 3.05) is 6.79 Å². The molecule has 0 bridgehead atoms. The maximum absolute atomic E-state index is 12.9. The average molecular weight is 392 g/mol. The van der Waals surface area contributed by atoms with E-state index in [0.717, 1.165) is 17.8 Å². The zero-order chi connectivity index (χ0) is 19.7. The maximum atomic E-state index is 12.9. The number of hydrogen-bond acceptors (Lipinski definition) is 5. The van der Waals surface area contributed by atoms with Crippen molar-refractivity contribution in [1.82, 2.24) is 19.9 Å². The lowest BCUT2D eigenvalue weighted by Crippen LogP contribution is -2.24. The van der Waals surface area contributed by atoms with Crippen LogP contribution in [0.4, 0.5) is 13.2 Å². The Kier molecular flexibility index (Phi) is 4.54. The number of nitrogens with one attached hydrogen (secondary N) is 1. The van der Waals surface area contributed by atoms with Gasteiger partial charge in [0.05, 0.1) is 12.1 Å². The van der Waals surface area contributed by atoms with Crippen LogP contribution in [0.15, 0.2) is 36.5 Å². The lowest BCUT2D eigenvalue weighted by molar-refractivity contribution is -0.137. The number of carbonyl (C=O) groups excluding carboxylic acids is 1. The van der Waals surface area contributed by atoms with Gasteiger partial charge in [-0.1, -0.05) is 6.07 Å². The van der Waals surface area contributed by atoms with E-state index >= 15 is 0 Å². The molecule has 0 saturated carbocycles. The number of nitrogens with zero attached hydrogens (tertiary/aromatic N) is 3. The van der Waals surface area contributed by atoms with Gasteiger partial charge in [0.1, 0.15) is 0 Å². The molecule has 146 valence electrons. The molecule has 1 aliphatic heterocycles. The second-order valence-corrected chi connectivity index (χ2v) is 6.22. The summed E-state index contributed by atoms with van der Waals surface area (Å²) in [5, 5.41) is 10.3. The van der Waals surface area contributed by atoms with Gasteiger partial charge < -0.3 is 14.8 Å². The summed E-state index contributed by atoms with van der Waals surface area (Å²) in [6.45, 7) is 0.157. The van der Waals surface area contributed by atoms with Gasteiger partial charge >= 0.3 is 6.18 Å². The minimum absolute atomic E-state index is 0.0253. The summed E-state index contributed by atoms with van der Waals surface area (Å²) in [6.07, 6.45) is -2.85. The molecule has 0 aliphatic carbocycles. The number of pyridine rings is 1. The van der Waals surface area contributed by atoms with Crippen LogP contribution in [0.1, 0.15) is 23.4 Å². The molecular formula is C18H15F3N4O3. The molecule has 7 nitrogen and oxygen atoms in total. The van der Waals surface area contributed by atoms with Gasteiger partial charge in [-0.2, -0.15) is 13.2 Å². The minimum Gasteiger partial charge on any atom is -0.454 e. The van der Waals surface area contributed by atoms with Gasteiger partial charge in [-0.25, -0.2) is 0 Å². The quantitative estimate of drug-likeness (QED) is 0.723. The molecule has 1 aliphatic rings. The second kappa shape index (κ2) is 7.02. The van der Waals surface area contributed by atoms with Crippen LogP contribution < -0.4 is 14.8 Å². The fourth-order valence-electron chi connectivity index (χ4n) is 2.85. The normalized spacial score (nSPS) is 13.1. The predicted molar refractivity (Wildman–Crippen MR) is 90.7 cm³/mol. The van der Waals surface area contributed by atoms with Gasteiger partial charge in [0, 0.05) is 12.6 Å². The molecule has 3 heterocycles. The van der Waals surface area contributed by atoms with Crippen molar-refractivity contribution in [3.8, 4) is 11.5 Å². The Morgan fingerprint density at radius 2 is 1.96 bits per heavy atom. The Morgan fingerprint density at radius 1 is 1.14 bits per heavy atom. The Morgan fingerprint density at radius 3 is 2.79 bits per heavy atom. The Labute approximate surface area is 157 Å². The first-order chi connectivity index (χ1) is 13.4. The van der Waals surface area contributed by atoms with Crippen molar-refractivity contribution in [2.24, 2.45) is 0 Å². The standard InChI is InChI=1S/C18H15F3N4O3/c19-18(20,21)12-3-5-15-23-24-16(25(15)9-12)8-22-17(26)6-2-11-1-4-13-14(7-11)28-10-27-13/h1,3-5,7,9H,2,6,8,10H2,(H,22,26). The smallest absolute Gasteiger partial charge is 0.417 e. The van der Waals surface area contributed by atoms with Crippen molar-refractivity contribution in [2.45, 2.75) is 25.6 Å². The highest BCUT2D eigenvalue weighted by Gasteiger charge is 2.31. The zero-order valence-electron chi connectivity index (χ0n) is 14.5. The number of amides is 1. The summed E-state index contributed by atoms with van der Waals surface area (Å²) in [4.78, 5) is 12.1. The Hall–Kier alpha value is -3.30. The molecule has 0 radical (unpaired) electrons. The molecule has 10 heteroatoms. The maximum Gasteiger partial charge on any atom is 0.417 e. The van der Waals surface area contributed by atoms with Gasteiger partial charge in [0.25, 0.3) is 0 Å². The van der Waals surface area contributed by atoms with E-state index in [4.69, 9.17) is 9.47 Å². The van der Waals surface area contributed by atoms with Crippen LogP contribution >= 0.6 is 0 Å². The van der Waals surface area contributed by atoms with Gasteiger partial charge in [-0.15, -0.1) is 10.2 Å². The summed E-state index contributed by atoms with van der Waals surface area (Å²) >= 11 is 0. The molecule has 0 atom stereocenters. The third-order valence-corrected chi connectivity index (χ3v) is 4.32. The molecule has 0 spiro atoms. The summed E-state index contributed by atoms with van der Waals surface area (Å²) in [5.41, 5.74) is 0.384. The second-order valence-electron chi connectivity index (χ2n) is 6.22. The van der Waals surface area contributed by atoms with Crippen molar-refractivity contribution >= 4 is 11.6 Å². The molecule has 1 N–H and O–H groups in total. The molecule has 4 rings (SSSR count). The van der Waals surface area contributed by atoms with E-state index in [0.29, 0.717) is 17.9 Å². The molecule has 0 unspecified atom stereocenters. The zero-order valence-corrected chi connectivity index (χ0v) is 14.5. The van der Waals surface area contributed by atoms with Crippen molar-refractivity contribution in [3.05, 3.63) is 53.5 Å². The first kappa shape index (κ1) is 18.1. The number of carbonyl (C=O) groups is 1. The van der Waals surface area contributed by atoms with Crippen molar-refractivity contribution in [3.63, 3.8) is 0 Å². The van der Waals surface area contributed by atoms with Gasteiger partial charge in [-0.3, -0.25) is 9.20 Å². The van der Waals surface area contributed by atoms with Crippen LogP contribution in [0.2, 0.25) is 0 Å². The van der Waals surface area contributed by atoms with Gasteiger partial charge in [0.2, 0.25) is 12.7 Å². The summed E-state index contributed by atoms with van der Waals surface area (Å²) in [6, 6.07) is 7.64. The minimum atomic E-state index is -4.47. The fourth-order valence-corrected chi connectivity index (χ4v) is 2.85. The SMILES string of the molecule is O=C(CCc1ccc2c(c1)OCO2)NCc1nnc2ccc(C(F)(F)F)cn12. The van der Waals surface area contributed by atoms with Gasteiger partial charge in [0.15, 0.2) is 23.0 Å². The third kappa shape index (κ3) is 3.71. The van der Waals surface area contributed by atoms with E-state index in [-0.39, 0.29) is 37.1 Å². The first-order valence-corrected chi connectivity index (χ1v) is 8.46. The van der Waals surface area contributed by atoms with Gasteiger partial charge in [-0.05, 0) is 36.2 Å². The van der Waals surface area contributed by atoms with E-state index in [1.54, 1.807) is 6.07 Å². The largest absolute Gasteiger partial charge is 0.454 e. The molecule has 1 amide bonds. The Balaban J connectivity index is 1.37. The highest BCUT2D eigenvalue weighted by atomic mass is 19.4. The summed E-state index contributed by atoms with van der Waals surface area (Å²) in [7, 11) is 0. The van der Waals surface area contributed by atoms with Crippen LogP contribution in [0.5, 0.6) is 11.5 Å². The topological polar surface area (TPSA) is 77.8 Å². The number of fused-ring (bicyclic) bond motifs is 2. The number of rotatable bonds is 5. The highest BCUT2D eigenvalue weighted by molar-refractivity contribution is 5.76. The fraction of sp³-hybridized carbons (Fsp3) is 0.278. The number of hydrogen-bond donors (Lipinski definition) is 1. The number of ether oxygens (including phenoxy) is 2. The van der Waals surface area contributed by atoms with E-state index in [9.17, 15) is 18.0 Å². The number of aryl methyl sites for hydroxylation is 1. The molecule has 28 heavy (non-hydrogen) atoms. The number of aromatic nitrogens is 3. The molecule has 3 aromatic rings. The predicted octanol–water partition coefficient (Wildman–Crippen LogP) is 2.73. The number of halogens is 3.